The van der Waals surface area contributed by atoms with Gasteiger partial charge in [0, 0.05) is 16.8 Å². The third kappa shape index (κ3) is 4.73. The van der Waals surface area contributed by atoms with Crippen LogP contribution in [0.15, 0.2) is 87.8 Å². The van der Waals surface area contributed by atoms with E-state index in [9.17, 15) is 13.2 Å². The third-order valence-electron chi connectivity index (χ3n) is 5.41. The van der Waals surface area contributed by atoms with Crippen LogP contribution in [-0.2, 0) is 10.0 Å². The predicted octanol–water partition coefficient (Wildman–Crippen LogP) is 5.07. The van der Waals surface area contributed by atoms with Gasteiger partial charge in [0.2, 0.25) is 5.78 Å². The van der Waals surface area contributed by atoms with Crippen molar-refractivity contribution in [1.29, 1.82) is 0 Å². The van der Waals surface area contributed by atoms with Crippen molar-refractivity contribution in [1.82, 2.24) is 0 Å². The molecule has 33 heavy (non-hydrogen) atoms. The minimum absolute atomic E-state index is 0.0462. The number of Topliss-reactive ketones (excluding diaryl/α,β-unsaturated/α-hetero) is 1. The first-order chi connectivity index (χ1) is 15.8. The maximum Gasteiger partial charge on any atom is 0.282 e. The molecule has 0 heterocycles. The molecule has 0 radical (unpaired) electrons. The topological polar surface area (TPSA) is 84.8 Å². The van der Waals surface area contributed by atoms with Crippen molar-refractivity contribution in [3.05, 3.63) is 101 Å². The van der Waals surface area contributed by atoms with Crippen LogP contribution >= 0.6 is 0 Å². The van der Waals surface area contributed by atoms with Gasteiger partial charge in [-0.05, 0) is 74.4 Å². The molecule has 7 heteroatoms. The van der Waals surface area contributed by atoms with E-state index in [1.54, 1.807) is 36.4 Å². The molecule has 0 fully saturated rings. The van der Waals surface area contributed by atoms with E-state index in [2.05, 4.69) is 9.71 Å². The van der Waals surface area contributed by atoms with Crippen molar-refractivity contribution < 1.29 is 17.9 Å². The molecule has 1 aliphatic rings. The Morgan fingerprint density at radius 3 is 2.27 bits per heavy atom. The van der Waals surface area contributed by atoms with Gasteiger partial charge in [-0.15, -0.1) is 0 Å². The average Bonchev–Trinajstić information content (AvgIpc) is 2.80. The van der Waals surface area contributed by atoms with Gasteiger partial charge in [0.25, 0.3) is 10.0 Å². The fraction of sp³-hybridized carbons (Fsp3) is 0.154. The molecule has 0 spiro atoms. The third-order valence-corrected chi connectivity index (χ3v) is 6.72. The number of fused-ring (bicyclic) bond motifs is 1. The van der Waals surface area contributed by atoms with Crippen LogP contribution < -0.4 is 10.1 Å². The van der Waals surface area contributed by atoms with E-state index in [4.69, 9.17) is 4.74 Å². The highest BCUT2D eigenvalue weighted by Gasteiger charge is 2.26. The summed E-state index contributed by atoms with van der Waals surface area (Å²) >= 11 is 0. The maximum absolute atomic E-state index is 13.1. The number of allylic oxidation sites excluding steroid dienone is 2. The molecule has 0 bridgehead atoms. The first-order valence-corrected chi connectivity index (χ1v) is 12.0. The molecule has 3 aromatic rings. The van der Waals surface area contributed by atoms with Gasteiger partial charge in [0.15, 0.2) is 0 Å². The summed E-state index contributed by atoms with van der Waals surface area (Å²) in [5, 5.41) is 3.14. The Balaban J connectivity index is 1.76. The summed E-state index contributed by atoms with van der Waals surface area (Å²) in [5.74, 6) is 0.360. The molecule has 0 saturated carbocycles. The molecule has 0 amide bonds. The van der Waals surface area contributed by atoms with Gasteiger partial charge in [-0.25, -0.2) is 0 Å². The Hall–Kier alpha value is -3.71. The van der Waals surface area contributed by atoms with Gasteiger partial charge in [0.1, 0.15) is 5.75 Å². The van der Waals surface area contributed by atoms with Gasteiger partial charge < -0.3 is 10.1 Å². The number of ether oxygens (including phenoxy) is 1. The first-order valence-electron chi connectivity index (χ1n) is 10.6. The van der Waals surface area contributed by atoms with E-state index in [-0.39, 0.29) is 22.1 Å². The minimum atomic E-state index is -4.01. The predicted molar refractivity (Wildman–Crippen MR) is 130 cm³/mol. The average molecular weight is 461 g/mol. The number of carbonyl (C=O) groups is 1. The number of aryl methyl sites for hydroxylation is 2. The molecule has 0 aliphatic heterocycles. The standard InChI is InChI=1S/C26H24N2O4S/c1-4-32-20-11-13-21(14-12-20)33(30,31)28-24-16-25(26(29)23-8-6-5-7-22(23)24)27-19-10-9-17(2)18(3)15-19/h5-16,27H,4H2,1-3H3/b28-24+. The Morgan fingerprint density at radius 2 is 1.61 bits per heavy atom. The SMILES string of the molecule is CCOc1ccc(S(=O)(=O)/N=C2\C=C(Nc3ccc(C)c(C)c3)C(=O)c3ccccc32)cc1. The van der Waals surface area contributed by atoms with Crippen molar-refractivity contribution in [2.75, 3.05) is 11.9 Å². The van der Waals surface area contributed by atoms with E-state index >= 15 is 0 Å². The van der Waals surface area contributed by atoms with E-state index < -0.39 is 10.0 Å². The van der Waals surface area contributed by atoms with E-state index in [1.165, 1.54) is 18.2 Å². The van der Waals surface area contributed by atoms with Crippen LogP contribution in [0, 0.1) is 13.8 Å². The van der Waals surface area contributed by atoms with Crippen molar-refractivity contribution >= 4 is 27.2 Å². The highest BCUT2D eigenvalue weighted by atomic mass is 32.2. The number of nitrogens with one attached hydrogen (secondary N) is 1. The van der Waals surface area contributed by atoms with E-state index in [1.807, 2.05) is 39.0 Å². The van der Waals surface area contributed by atoms with Crippen LogP contribution in [0.4, 0.5) is 5.69 Å². The smallest absolute Gasteiger partial charge is 0.282 e. The van der Waals surface area contributed by atoms with Gasteiger partial charge in [-0.1, -0.05) is 30.3 Å². The van der Waals surface area contributed by atoms with Gasteiger partial charge in [-0.3, -0.25) is 4.79 Å². The summed E-state index contributed by atoms with van der Waals surface area (Å²) in [7, 11) is -4.01. The molecular formula is C26H24N2O4S. The highest BCUT2D eigenvalue weighted by molar-refractivity contribution is 7.90. The van der Waals surface area contributed by atoms with Gasteiger partial charge in [-0.2, -0.15) is 12.8 Å². The lowest BCUT2D eigenvalue weighted by Crippen LogP contribution is -2.22. The zero-order valence-electron chi connectivity index (χ0n) is 18.6. The quantitative estimate of drug-likeness (QED) is 0.555. The Labute approximate surface area is 193 Å². The van der Waals surface area contributed by atoms with Crippen LogP contribution in [0.2, 0.25) is 0 Å². The number of hydrogen-bond acceptors (Lipinski definition) is 5. The number of nitrogens with zero attached hydrogens (tertiary/aromatic N) is 1. The van der Waals surface area contributed by atoms with Crippen LogP contribution in [0.25, 0.3) is 0 Å². The number of sulfonamides is 1. The van der Waals surface area contributed by atoms with E-state index in [0.29, 0.717) is 23.5 Å². The summed E-state index contributed by atoms with van der Waals surface area (Å²) in [6, 6.07) is 18.8. The molecule has 0 aromatic heterocycles. The minimum Gasteiger partial charge on any atom is -0.494 e. The molecule has 1 aliphatic carbocycles. The lowest BCUT2D eigenvalue weighted by Gasteiger charge is -2.19. The number of anilines is 1. The summed E-state index contributed by atoms with van der Waals surface area (Å²) in [6.45, 7) is 6.34. The van der Waals surface area contributed by atoms with Crippen LogP contribution in [0.3, 0.4) is 0 Å². The lowest BCUT2D eigenvalue weighted by atomic mass is 9.92. The summed E-state index contributed by atoms with van der Waals surface area (Å²) in [6.07, 6.45) is 1.49. The zero-order valence-corrected chi connectivity index (χ0v) is 19.4. The molecule has 1 N–H and O–H groups in total. The second-order valence-corrected chi connectivity index (χ2v) is 9.32. The van der Waals surface area contributed by atoms with Crippen LogP contribution in [-0.4, -0.2) is 26.5 Å². The molecule has 168 valence electrons. The molecule has 6 nitrogen and oxygen atoms in total. The second kappa shape index (κ2) is 9.03. The Kier molecular flexibility index (Phi) is 6.16. The molecule has 3 aromatic carbocycles. The summed E-state index contributed by atoms with van der Waals surface area (Å²) in [4.78, 5) is 13.2. The van der Waals surface area contributed by atoms with Crippen molar-refractivity contribution in [2.24, 2.45) is 4.40 Å². The molecule has 4 rings (SSSR count). The molecule has 0 unspecified atom stereocenters. The second-order valence-electron chi connectivity index (χ2n) is 7.71. The maximum atomic E-state index is 13.1. The lowest BCUT2D eigenvalue weighted by molar-refractivity contribution is 0.103. The normalized spacial score (nSPS) is 14.6. The van der Waals surface area contributed by atoms with Crippen LogP contribution in [0.1, 0.15) is 34.0 Å². The number of benzene rings is 3. The number of hydrogen-bond donors (Lipinski definition) is 1. The Bertz CT molecular complexity index is 1390. The largest absolute Gasteiger partial charge is 0.494 e. The van der Waals surface area contributed by atoms with Crippen molar-refractivity contribution in [2.45, 2.75) is 25.7 Å². The summed E-state index contributed by atoms with van der Waals surface area (Å²) in [5.41, 5.74) is 4.29. The number of ketones is 1. The molecular weight excluding hydrogens is 436 g/mol. The van der Waals surface area contributed by atoms with Gasteiger partial charge in [0.05, 0.1) is 22.9 Å². The number of rotatable bonds is 6. The first kappa shape index (κ1) is 22.5. The fourth-order valence-electron chi connectivity index (χ4n) is 3.53. The fourth-order valence-corrected chi connectivity index (χ4v) is 4.52. The van der Waals surface area contributed by atoms with Gasteiger partial charge >= 0.3 is 0 Å². The monoisotopic (exact) mass is 460 g/mol. The Morgan fingerprint density at radius 1 is 0.909 bits per heavy atom. The van der Waals surface area contributed by atoms with Crippen LogP contribution in [0.5, 0.6) is 5.75 Å². The number of carbonyl (C=O) groups excluding carboxylic acids is 1. The van der Waals surface area contributed by atoms with Crippen molar-refractivity contribution in [3.8, 4) is 5.75 Å². The zero-order chi connectivity index (χ0) is 23.6. The summed E-state index contributed by atoms with van der Waals surface area (Å²) < 4.78 is 35.6. The highest BCUT2D eigenvalue weighted by Crippen LogP contribution is 2.26. The molecule has 0 saturated heterocycles. The van der Waals surface area contributed by atoms with E-state index in [0.717, 1.165) is 16.8 Å². The van der Waals surface area contributed by atoms with Crippen molar-refractivity contribution in [3.63, 3.8) is 0 Å². The molecule has 0 atom stereocenters.